The van der Waals surface area contributed by atoms with Crippen LogP contribution in [0.1, 0.15) is 49.1 Å². The molecule has 0 atom stereocenters. The summed E-state index contributed by atoms with van der Waals surface area (Å²) in [6.07, 6.45) is 0. The third kappa shape index (κ3) is 4.96. The molecule has 3 aromatic rings. The largest absolute Gasteiger partial charge is 0.322 e. The zero-order chi connectivity index (χ0) is 21.0. The van der Waals surface area contributed by atoms with Crippen molar-refractivity contribution in [2.24, 2.45) is 0 Å². The van der Waals surface area contributed by atoms with Crippen LogP contribution in [0.15, 0.2) is 66.7 Å². The van der Waals surface area contributed by atoms with Crippen molar-refractivity contribution in [2.75, 3.05) is 10.6 Å². The lowest BCUT2D eigenvalue weighted by Crippen LogP contribution is -2.16. The summed E-state index contributed by atoms with van der Waals surface area (Å²) in [5.74, 6) is -0.647. The average molecular weight is 386 g/mol. The van der Waals surface area contributed by atoms with Crippen molar-refractivity contribution in [3.8, 4) is 0 Å². The fourth-order valence-corrected chi connectivity index (χ4v) is 2.86. The molecule has 2 N–H and O–H groups in total. The number of hydrogen-bond donors (Lipinski definition) is 2. The van der Waals surface area contributed by atoms with Gasteiger partial charge in [-0.25, -0.2) is 0 Å². The molecule has 0 spiro atoms. The second-order valence-corrected chi connectivity index (χ2v) is 6.94. The van der Waals surface area contributed by atoms with E-state index >= 15 is 0 Å². The van der Waals surface area contributed by atoms with E-state index in [1.54, 1.807) is 48.5 Å². The van der Waals surface area contributed by atoms with Gasteiger partial charge in [0.25, 0.3) is 11.8 Å². The number of anilines is 2. The molecule has 3 aromatic carbocycles. The first-order valence-corrected chi connectivity index (χ1v) is 9.24. The summed E-state index contributed by atoms with van der Waals surface area (Å²) in [4.78, 5) is 36.5. The molecule has 29 heavy (non-hydrogen) atoms. The van der Waals surface area contributed by atoms with Crippen LogP contribution >= 0.6 is 0 Å². The van der Waals surface area contributed by atoms with Crippen molar-refractivity contribution >= 4 is 29.0 Å². The molecular weight excluding hydrogens is 364 g/mol. The molecule has 0 fully saturated rings. The van der Waals surface area contributed by atoms with Crippen molar-refractivity contribution in [1.82, 2.24) is 0 Å². The van der Waals surface area contributed by atoms with Gasteiger partial charge in [-0.15, -0.1) is 0 Å². The van der Waals surface area contributed by atoms with Gasteiger partial charge in [0.2, 0.25) is 0 Å². The molecule has 0 aliphatic rings. The van der Waals surface area contributed by atoms with Crippen molar-refractivity contribution in [3.05, 3.63) is 94.5 Å². The minimum atomic E-state index is -0.332. The molecule has 0 aliphatic carbocycles. The Morgan fingerprint density at radius 1 is 0.690 bits per heavy atom. The summed E-state index contributed by atoms with van der Waals surface area (Å²) >= 11 is 0. The molecule has 0 unspecified atom stereocenters. The highest BCUT2D eigenvalue weighted by molar-refractivity contribution is 6.09. The molecule has 5 heteroatoms. The fourth-order valence-electron chi connectivity index (χ4n) is 2.86. The van der Waals surface area contributed by atoms with Gasteiger partial charge in [0.05, 0.1) is 0 Å². The van der Waals surface area contributed by atoms with Crippen molar-refractivity contribution < 1.29 is 14.4 Å². The summed E-state index contributed by atoms with van der Waals surface area (Å²) in [6.45, 7) is 5.38. The summed E-state index contributed by atoms with van der Waals surface area (Å²) in [5, 5.41) is 5.67. The van der Waals surface area contributed by atoms with E-state index in [4.69, 9.17) is 0 Å². The Kier molecular flexibility index (Phi) is 5.88. The summed E-state index contributed by atoms with van der Waals surface area (Å²) < 4.78 is 0. The van der Waals surface area contributed by atoms with Crippen molar-refractivity contribution in [1.29, 1.82) is 0 Å². The van der Waals surface area contributed by atoms with E-state index in [0.29, 0.717) is 22.4 Å². The summed E-state index contributed by atoms with van der Waals surface area (Å²) in [5.41, 5.74) is 4.68. The number of benzene rings is 3. The summed E-state index contributed by atoms with van der Waals surface area (Å²) in [6, 6.07) is 19.0. The number of aryl methyl sites for hydroxylation is 2. The minimum Gasteiger partial charge on any atom is -0.322 e. The van der Waals surface area contributed by atoms with E-state index < -0.39 is 0 Å². The standard InChI is InChI=1S/C24H22N2O3/c1-15-7-8-16(2)22(13-15)26-24(29)20-6-4-5-19(14-20)23(28)25-21-11-9-18(10-12-21)17(3)27/h4-14H,1-3H3,(H,25,28)(H,26,29). The number of nitrogens with one attached hydrogen (secondary N) is 2. The highest BCUT2D eigenvalue weighted by Crippen LogP contribution is 2.18. The van der Waals surface area contributed by atoms with E-state index in [9.17, 15) is 14.4 Å². The highest BCUT2D eigenvalue weighted by Gasteiger charge is 2.12. The van der Waals surface area contributed by atoms with Crippen LogP contribution in [0.3, 0.4) is 0 Å². The molecule has 0 aliphatic heterocycles. The van der Waals surface area contributed by atoms with E-state index in [0.717, 1.165) is 16.8 Å². The quantitative estimate of drug-likeness (QED) is 0.605. The number of amides is 2. The van der Waals surface area contributed by atoms with Gasteiger partial charge in [-0.1, -0.05) is 18.2 Å². The predicted octanol–water partition coefficient (Wildman–Crippen LogP) is 5.01. The zero-order valence-corrected chi connectivity index (χ0v) is 16.6. The van der Waals surface area contributed by atoms with Gasteiger partial charge in [-0.2, -0.15) is 0 Å². The zero-order valence-electron chi connectivity index (χ0n) is 16.6. The molecule has 0 heterocycles. The van der Waals surface area contributed by atoms with Gasteiger partial charge >= 0.3 is 0 Å². The van der Waals surface area contributed by atoms with Crippen LogP contribution in [0, 0.1) is 13.8 Å². The molecule has 2 amide bonds. The molecule has 0 radical (unpaired) electrons. The average Bonchev–Trinajstić information content (AvgIpc) is 2.71. The van der Waals surface area contributed by atoms with Crippen LogP contribution < -0.4 is 10.6 Å². The number of hydrogen-bond acceptors (Lipinski definition) is 3. The second-order valence-electron chi connectivity index (χ2n) is 6.94. The van der Waals surface area contributed by atoms with Crippen LogP contribution in [0.2, 0.25) is 0 Å². The number of ketones is 1. The number of Topliss-reactive ketones (excluding diaryl/α,β-unsaturated/α-hetero) is 1. The Morgan fingerprint density at radius 3 is 1.93 bits per heavy atom. The van der Waals surface area contributed by atoms with E-state index in [2.05, 4.69) is 10.6 Å². The van der Waals surface area contributed by atoms with Gasteiger partial charge < -0.3 is 10.6 Å². The first-order chi connectivity index (χ1) is 13.8. The lowest BCUT2D eigenvalue weighted by Gasteiger charge is -2.11. The topological polar surface area (TPSA) is 75.3 Å². The number of carbonyl (C=O) groups is 3. The SMILES string of the molecule is CC(=O)c1ccc(NC(=O)c2cccc(C(=O)Nc3cc(C)ccc3C)c2)cc1. The third-order valence-corrected chi connectivity index (χ3v) is 4.58. The normalized spacial score (nSPS) is 10.3. The molecular formula is C24H22N2O3. The van der Waals surface area contributed by atoms with Gasteiger partial charge in [0.15, 0.2) is 5.78 Å². The van der Waals surface area contributed by atoms with Gasteiger partial charge in [-0.05, 0) is 80.4 Å². The van der Waals surface area contributed by atoms with Crippen molar-refractivity contribution in [3.63, 3.8) is 0 Å². The van der Waals surface area contributed by atoms with Gasteiger partial charge in [0, 0.05) is 28.1 Å². The first-order valence-electron chi connectivity index (χ1n) is 9.24. The molecule has 5 nitrogen and oxygen atoms in total. The number of rotatable bonds is 5. The highest BCUT2D eigenvalue weighted by atomic mass is 16.2. The Hall–Kier alpha value is -3.73. The Bertz CT molecular complexity index is 1090. The third-order valence-electron chi connectivity index (χ3n) is 4.58. The Balaban J connectivity index is 1.74. The lowest BCUT2D eigenvalue weighted by molar-refractivity contribution is 0.101. The maximum absolute atomic E-state index is 12.6. The fraction of sp³-hybridized carbons (Fsp3) is 0.125. The monoisotopic (exact) mass is 386 g/mol. The van der Waals surface area contributed by atoms with Crippen LogP contribution in [-0.4, -0.2) is 17.6 Å². The van der Waals surface area contributed by atoms with E-state index in [1.165, 1.54) is 6.92 Å². The van der Waals surface area contributed by atoms with Crippen LogP contribution in [0.4, 0.5) is 11.4 Å². The smallest absolute Gasteiger partial charge is 0.255 e. The van der Waals surface area contributed by atoms with E-state index in [1.807, 2.05) is 32.0 Å². The molecule has 0 saturated heterocycles. The lowest BCUT2D eigenvalue weighted by atomic mass is 10.1. The van der Waals surface area contributed by atoms with E-state index in [-0.39, 0.29) is 17.6 Å². The first kappa shape index (κ1) is 20.0. The van der Waals surface area contributed by atoms with Gasteiger partial charge in [-0.3, -0.25) is 14.4 Å². The molecule has 0 aromatic heterocycles. The molecule has 0 bridgehead atoms. The molecule has 146 valence electrons. The second kappa shape index (κ2) is 8.52. The Morgan fingerprint density at radius 2 is 1.31 bits per heavy atom. The molecule has 3 rings (SSSR count). The summed E-state index contributed by atoms with van der Waals surface area (Å²) in [7, 11) is 0. The maximum Gasteiger partial charge on any atom is 0.255 e. The maximum atomic E-state index is 12.6. The molecule has 0 saturated carbocycles. The Labute approximate surface area is 169 Å². The van der Waals surface area contributed by atoms with Gasteiger partial charge in [0.1, 0.15) is 0 Å². The van der Waals surface area contributed by atoms with Crippen LogP contribution in [0.25, 0.3) is 0 Å². The van der Waals surface area contributed by atoms with Crippen LogP contribution in [-0.2, 0) is 0 Å². The number of carbonyl (C=O) groups excluding carboxylic acids is 3. The van der Waals surface area contributed by atoms with Crippen LogP contribution in [0.5, 0.6) is 0 Å². The minimum absolute atomic E-state index is 0.0366. The predicted molar refractivity (Wildman–Crippen MR) is 115 cm³/mol. The van der Waals surface area contributed by atoms with Crippen molar-refractivity contribution in [2.45, 2.75) is 20.8 Å².